The minimum absolute atomic E-state index is 0.0721. The van der Waals surface area contributed by atoms with Crippen molar-refractivity contribution in [1.29, 1.82) is 0 Å². The zero-order valence-electron chi connectivity index (χ0n) is 11.1. The van der Waals surface area contributed by atoms with Crippen molar-refractivity contribution in [2.45, 2.75) is 6.42 Å². The number of rotatable bonds is 6. The number of amides is 1. The predicted molar refractivity (Wildman–Crippen MR) is 80.3 cm³/mol. The van der Waals surface area contributed by atoms with Crippen molar-refractivity contribution < 1.29 is 4.79 Å². The fourth-order valence-electron chi connectivity index (χ4n) is 1.67. The number of carbonyl (C=O) groups excluding carboxylic acids is 1. The Labute approximate surface area is 125 Å². The number of aryl methyl sites for hydroxylation is 1. The molecule has 2 aromatic rings. The molecule has 0 aliphatic rings. The quantitative estimate of drug-likeness (QED) is 0.780. The first kappa shape index (κ1) is 14.7. The van der Waals surface area contributed by atoms with Crippen LogP contribution < -0.4 is 10.6 Å². The van der Waals surface area contributed by atoms with E-state index in [4.69, 9.17) is 0 Å². The van der Waals surface area contributed by atoms with Crippen molar-refractivity contribution in [3.63, 3.8) is 0 Å². The molecule has 1 heterocycles. The molecule has 0 aliphatic carbocycles. The minimum Gasteiger partial charge on any atom is -0.325 e. The zero-order chi connectivity index (χ0) is 14.4. The number of aromatic nitrogens is 3. The van der Waals surface area contributed by atoms with Gasteiger partial charge in [-0.3, -0.25) is 9.48 Å². The molecule has 0 unspecified atom stereocenters. The summed E-state index contributed by atoms with van der Waals surface area (Å²) in [7, 11) is 1.83. The summed E-state index contributed by atoms with van der Waals surface area (Å²) >= 11 is 3.36. The number of anilines is 1. The Kier molecular flexibility index (Phi) is 5.25. The van der Waals surface area contributed by atoms with Crippen LogP contribution >= 0.6 is 15.9 Å². The standard InChI is InChI=1S/C13H16BrN5O/c1-19-9-16-12(18-19)5-6-15-8-13(20)17-11-4-2-3-10(14)7-11/h2-4,7,9,15H,5-6,8H2,1H3,(H,17,20). The molecule has 1 aromatic heterocycles. The summed E-state index contributed by atoms with van der Waals surface area (Å²) in [4.78, 5) is 15.8. The number of hydrogen-bond donors (Lipinski definition) is 2. The van der Waals surface area contributed by atoms with E-state index >= 15 is 0 Å². The van der Waals surface area contributed by atoms with E-state index in [9.17, 15) is 4.79 Å². The maximum Gasteiger partial charge on any atom is 0.238 e. The summed E-state index contributed by atoms with van der Waals surface area (Å²) in [6.07, 6.45) is 2.36. The highest BCUT2D eigenvalue weighted by Gasteiger charge is 2.03. The molecule has 0 spiro atoms. The van der Waals surface area contributed by atoms with Gasteiger partial charge in [0.15, 0.2) is 5.82 Å². The third kappa shape index (κ3) is 4.75. The van der Waals surface area contributed by atoms with Crippen LogP contribution in [0, 0.1) is 0 Å². The number of hydrogen-bond acceptors (Lipinski definition) is 4. The number of benzene rings is 1. The maximum atomic E-state index is 11.7. The summed E-state index contributed by atoms with van der Waals surface area (Å²) in [6, 6.07) is 7.49. The summed E-state index contributed by atoms with van der Waals surface area (Å²) in [5.74, 6) is 0.699. The van der Waals surface area contributed by atoms with Crippen LogP contribution in [0.15, 0.2) is 35.1 Å². The van der Waals surface area contributed by atoms with Crippen molar-refractivity contribution in [3.05, 3.63) is 40.9 Å². The van der Waals surface area contributed by atoms with Crippen LogP contribution in [-0.2, 0) is 18.3 Å². The van der Waals surface area contributed by atoms with Crippen molar-refractivity contribution >= 4 is 27.5 Å². The highest BCUT2D eigenvalue weighted by Crippen LogP contribution is 2.15. The Bertz CT molecular complexity index is 584. The van der Waals surface area contributed by atoms with E-state index in [-0.39, 0.29) is 12.5 Å². The van der Waals surface area contributed by atoms with Gasteiger partial charge in [0.25, 0.3) is 0 Å². The van der Waals surface area contributed by atoms with E-state index < -0.39 is 0 Å². The molecule has 0 aliphatic heterocycles. The minimum atomic E-state index is -0.0721. The predicted octanol–water partition coefficient (Wildman–Crippen LogP) is 1.35. The van der Waals surface area contributed by atoms with E-state index in [0.29, 0.717) is 13.0 Å². The molecule has 106 valence electrons. The van der Waals surface area contributed by atoms with E-state index in [1.165, 1.54) is 0 Å². The van der Waals surface area contributed by atoms with Crippen LogP contribution in [0.2, 0.25) is 0 Å². The van der Waals surface area contributed by atoms with Crippen LogP contribution in [0.5, 0.6) is 0 Å². The summed E-state index contributed by atoms with van der Waals surface area (Å²) < 4.78 is 2.60. The van der Waals surface area contributed by atoms with Gasteiger partial charge in [-0.2, -0.15) is 5.10 Å². The van der Waals surface area contributed by atoms with Crippen LogP contribution in [0.3, 0.4) is 0 Å². The molecular weight excluding hydrogens is 322 g/mol. The average Bonchev–Trinajstić information content (AvgIpc) is 2.80. The van der Waals surface area contributed by atoms with Gasteiger partial charge in [0.05, 0.1) is 6.54 Å². The summed E-state index contributed by atoms with van der Waals surface area (Å²) in [6.45, 7) is 0.926. The lowest BCUT2D eigenvalue weighted by atomic mass is 10.3. The Morgan fingerprint density at radius 2 is 2.30 bits per heavy atom. The second kappa shape index (κ2) is 7.16. The van der Waals surface area contributed by atoms with E-state index in [1.54, 1.807) is 11.0 Å². The van der Waals surface area contributed by atoms with Crippen molar-refractivity contribution in [1.82, 2.24) is 20.1 Å². The number of nitrogens with zero attached hydrogens (tertiary/aromatic N) is 3. The Balaban J connectivity index is 1.67. The average molecular weight is 338 g/mol. The molecule has 2 N–H and O–H groups in total. The third-order valence-electron chi connectivity index (χ3n) is 2.57. The van der Waals surface area contributed by atoms with Crippen molar-refractivity contribution in [2.75, 3.05) is 18.4 Å². The lowest BCUT2D eigenvalue weighted by Crippen LogP contribution is -2.29. The van der Waals surface area contributed by atoms with Gasteiger partial charge < -0.3 is 10.6 Å². The topological polar surface area (TPSA) is 71.8 Å². The SMILES string of the molecule is Cn1cnc(CCNCC(=O)Nc2cccc(Br)c2)n1. The fraction of sp³-hybridized carbons (Fsp3) is 0.308. The molecular formula is C13H16BrN5O. The molecule has 2 rings (SSSR count). The van der Waals surface area contributed by atoms with Crippen LogP contribution in [0.25, 0.3) is 0 Å². The molecule has 0 atom stereocenters. The number of halogens is 1. The molecule has 1 amide bonds. The molecule has 0 bridgehead atoms. The molecule has 1 aromatic carbocycles. The molecule has 0 saturated heterocycles. The first-order valence-electron chi connectivity index (χ1n) is 6.24. The first-order valence-corrected chi connectivity index (χ1v) is 7.03. The monoisotopic (exact) mass is 337 g/mol. The van der Waals surface area contributed by atoms with Gasteiger partial charge in [0.2, 0.25) is 5.91 Å². The smallest absolute Gasteiger partial charge is 0.238 e. The van der Waals surface area contributed by atoms with Gasteiger partial charge in [0.1, 0.15) is 6.33 Å². The lowest BCUT2D eigenvalue weighted by Gasteiger charge is -2.06. The Morgan fingerprint density at radius 1 is 1.45 bits per heavy atom. The van der Waals surface area contributed by atoms with E-state index in [1.807, 2.05) is 31.3 Å². The largest absolute Gasteiger partial charge is 0.325 e. The number of nitrogens with one attached hydrogen (secondary N) is 2. The van der Waals surface area contributed by atoms with Crippen molar-refractivity contribution in [3.8, 4) is 0 Å². The van der Waals surface area contributed by atoms with Gasteiger partial charge in [-0.05, 0) is 18.2 Å². The van der Waals surface area contributed by atoms with Gasteiger partial charge in [0, 0.05) is 30.2 Å². The molecule has 6 nitrogen and oxygen atoms in total. The second-order valence-electron chi connectivity index (χ2n) is 4.32. The van der Waals surface area contributed by atoms with Gasteiger partial charge >= 0.3 is 0 Å². The molecule has 20 heavy (non-hydrogen) atoms. The summed E-state index contributed by atoms with van der Waals surface area (Å²) in [5.41, 5.74) is 0.776. The Morgan fingerprint density at radius 3 is 3.00 bits per heavy atom. The van der Waals surface area contributed by atoms with Crippen LogP contribution in [0.4, 0.5) is 5.69 Å². The van der Waals surface area contributed by atoms with E-state index in [0.717, 1.165) is 16.0 Å². The van der Waals surface area contributed by atoms with E-state index in [2.05, 4.69) is 36.6 Å². The van der Waals surface area contributed by atoms with Crippen LogP contribution in [-0.4, -0.2) is 33.8 Å². The van der Waals surface area contributed by atoms with Crippen molar-refractivity contribution in [2.24, 2.45) is 7.05 Å². The Hall–Kier alpha value is -1.73. The number of carbonyl (C=O) groups is 1. The third-order valence-corrected chi connectivity index (χ3v) is 3.06. The molecule has 0 saturated carbocycles. The van der Waals surface area contributed by atoms with Gasteiger partial charge in [-0.1, -0.05) is 22.0 Å². The van der Waals surface area contributed by atoms with Crippen LogP contribution in [0.1, 0.15) is 5.82 Å². The first-order chi connectivity index (χ1) is 9.63. The maximum absolute atomic E-state index is 11.7. The normalized spacial score (nSPS) is 10.5. The molecule has 0 fully saturated rings. The summed E-state index contributed by atoms with van der Waals surface area (Å²) in [5, 5.41) is 10.0. The molecule has 7 heteroatoms. The zero-order valence-corrected chi connectivity index (χ0v) is 12.7. The van der Waals surface area contributed by atoms with Gasteiger partial charge in [-0.15, -0.1) is 0 Å². The lowest BCUT2D eigenvalue weighted by molar-refractivity contribution is -0.115. The van der Waals surface area contributed by atoms with Gasteiger partial charge in [-0.25, -0.2) is 4.98 Å². The fourth-order valence-corrected chi connectivity index (χ4v) is 2.07. The highest BCUT2D eigenvalue weighted by molar-refractivity contribution is 9.10. The second-order valence-corrected chi connectivity index (χ2v) is 5.24. The molecule has 0 radical (unpaired) electrons. The highest BCUT2D eigenvalue weighted by atomic mass is 79.9.